The molecule has 0 spiro atoms. The molecule has 11 heteroatoms. The lowest BCUT2D eigenvalue weighted by Gasteiger charge is -2.26. The minimum absolute atomic E-state index is 0.0628. The second-order valence-corrected chi connectivity index (χ2v) is 13.9. The van der Waals surface area contributed by atoms with Crippen LogP contribution in [0.3, 0.4) is 0 Å². The highest BCUT2D eigenvalue weighted by Crippen LogP contribution is 2.62. The molecular formula is C35H56N6O4S. The first-order chi connectivity index (χ1) is 21.5. The zero-order valence-electron chi connectivity index (χ0n) is 29.6. The van der Waals surface area contributed by atoms with E-state index in [4.69, 9.17) is 11.5 Å². The summed E-state index contributed by atoms with van der Waals surface area (Å²) in [7, 11) is 0. The van der Waals surface area contributed by atoms with Gasteiger partial charge < -0.3 is 26.7 Å². The van der Waals surface area contributed by atoms with Crippen molar-refractivity contribution < 1.29 is 14.4 Å². The third-order valence-electron chi connectivity index (χ3n) is 7.91. The number of piperidine rings is 1. The third kappa shape index (κ3) is 11.9. The summed E-state index contributed by atoms with van der Waals surface area (Å²) < 4.78 is 0. The molecule has 46 heavy (non-hydrogen) atoms. The van der Waals surface area contributed by atoms with Crippen molar-refractivity contribution in [1.29, 1.82) is 0 Å². The van der Waals surface area contributed by atoms with Crippen LogP contribution >= 0.6 is 11.3 Å². The molecule has 256 valence electrons. The first-order valence-corrected chi connectivity index (χ1v) is 17.0. The number of likely N-dealkylation sites (tertiary alicyclic amines) is 1. The Kier molecular flexibility index (Phi) is 15.6. The fourth-order valence-corrected chi connectivity index (χ4v) is 5.88. The van der Waals surface area contributed by atoms with Crippen LogP contribution in [0.2, 0.25) is 0 Å². The number of hydrogen-bond acceptors (Lipinski definition) is 7. The largest absolute Gasteiger partial charge is 0.375 e. The van der Waals surface area contributed by atoms with Crippen molar-refractivity contribution in [2.75, 3.05) is 18.8 Å². The quantitative estimate of drug-likeness (QED) is 0.252. The predicted octanol–water partition coefficient (Wildman–Crippen LogP) is 5.60. The molecule has 0 bridgehead atoms. The van der Waals surface area contributed by atoms with Gasteiger partial charge in [-0.2, -0.15) is 0 Å². The highest BCUT2D eigenvalue weighted by molar-refractivity contribution is 7.13. The molecule has 3 unspecified atom stereocenters. The number of aromatic nitrogens is 2. The van der Waals surface area contributed by atoms with Gasteiger partial charge >= 0.3 is 0 Å². The minimum atomic E-state index is -0.893. The predicted molar refractivity (Wildman–Crippen MR) is 191 cm³/mol. The number of primary amides is 1. The van der Waals surface area contributed by atoms with Gasteiger partial charge in [0.05, 0.1) is 5.69 Å². The number of fused-ring (bicyclic) bond motifs is 2. The summed E-state index contributed by atoms with van der Waals surface area (Å²) in [6.07, 6.45) is 1.15. The van der Waals surface area contributed by atoms with Gasteiger partial charge in [-0.1, -0.05) is 73.9 Å². The number of nitrogen functional groups attached to an aromatic ring is 1. The van der Waals surface area contributed by atoms with Gasteiger partial charge in [-0.15, -0.1) is 11.3 Å². The summed E-state index contributed by atoms with van der Waals surface area (Å²) in [6.45, 7) is 24.9. The maximum Gasteiger partial charge on any atom is 0.251 e. The van der Waals surface area contributed by atoms with E-state index in [-0.39, 0.29) is 17.4 Å². The average Bonchev–Trinajstić information content (AvgIpc) is 3.36. The Morgan fingerprint density at radius 3 is 2.15 bits per heavy atom. The van der Waals surface area contributed by atoms with Gasteiger partial charge in [0.1, 0.15) is 6.04 Å². The molecule has 3 heterocycles. The zero-order chi connectivity index (χ0) is 35.4. The molecule has 1 aliphatic heterocycles. The highest BCUT2D eigenvalue weighted by atomic mass is 32.1. The van der Waals surface area contributed by atoms with E-state index in [9.17, 15) is 19.2 Å². The highest BCUT2D eigenvalue weighted by Gasteiger charge is 2.62. The molecule has 1 aromatic carbocycles. The number of nitrogens with zero attached hydrogens (tertiary/aromatic N) is 2. The zero-order valence-corrected chi connectivity index (χ0v) is 30.4. The molecule has 3 aromatic rings. The van der Waals surface area contributed by atoms with Crippen molar-refractivity contribution in [3.05, 3.63) is 56.8 Å². The second kappa shape index (κ2) is 17.8. The van der Waals surface area contributed by atoms with Crippen LogP contribution in [-0.2, 0) is 20.8 Å². The Labute approximate surface area is 278 Å². The van der Waals surface area contributed by atoms with Gasteiger partial charge in [-0.3, -0.25) is 19.2 Å². The number of amides is 3. The number of aryl methyl sites for hydroxylation is 2. The molecule has 5 rings (SSSR count). The van der Waals surface area contributed by atoms with Crippen molar-refractivity contribution in [2.45, 2.75) is 95.0 Å². The van der Waals surface area contributed by atoms with E-state index in [2.05, 4.69) is 54.8 Å². The van der Waals surface area contributed by atoms with E-state index >= 15 is 0 Å². The minimum Gasteiger partial charge on any atom is -0.375 e. The number of thiazole rings is 1. The van der Waals surface area contributed by atoms with Crippen molar-refractivity contribution >= 4 is 45.6 Å². The maximum atomic E-state index is 12.0. The molecule has 2 fully saturated rings. The van der Waals surface area contributed by atoms with Gasteiger partial charge in [0.2, 0.25) is 18.2 Å². The van der Waals surface area contributed by atoms with Crippen LogP contribution in [0, 0.1) is 36.5 Å². The summed E-state index contributed by atoms with van der Waals surface area (Å²) in [5.74, 6) is 1.23. The van der Waals surface area contributed by atoms with E-state index in [1.165, 1.54) is 11.3 Å². The molecular weight excluding hydrogens is 600 g/mol. The number of rotatable bonds is 6. The van der Waals surface area contributed by atoms with Gasteiger partial charge in [-0.05, 0) is 60.1 Å². The Balaban J connectivity index is 0.000000356. The lowest BCUT2D eigenvalue weighted by molar-refractivity contribution is -0.132. The number of nitrogens with one attached hydrogen (secondary N) is 2. The molecule has 10 nitrogen and oxygen atoms in total. The lowest BCUT2D eigenvalue weighted by atomic mass is 9.91. The van der Waals surface area contributed by atoms with Crippen molar-refractivity contribution in [2.24, 2.45) is 28.4 Å². The number of aromatic amines is 1. The molecule has 0 radical (unpaired) electrons. The third-order valence-corrected chi connectivity index (χ3v) is 8.70. The van der Waals surface area contributed by atoms with Crippen LogP contribution in [0.5, 0.6) is 0 Å². The number of hydrogen-bond donors (Lipinski definition) is 4. The second-order valence-electron chi connectivity index (χ2n) is 13.1. The van der Waals surface area contributed by atoms with Gasteiger partial charge in [0, 0.05) is 42.4 Å². The summed E-state index contributed by atoms with van der Waals surface area (Å²) >= 11 is 1.47. The van der Waals surface area contributed by atoms with Gasteiger partial charge in [0.25, 0.3) is 5.56 Å². The van der Waals surface area contributed by atoms with Crippen LogP contribution < -0.4 is 22.3 Å². The lowest BCUT2D eigenvalue weighted by Crippen LogP contribution is -2.43. The van der Waals surface area contributed by atoms with Crippen molar-refractivity contribution in [1.82, 2.24) is 20.2 Å². The molecule has 3 atom stereocenters. The summed E-state index contributed by atoms with van der Waals surface area (Å²) in [6, 6.07) is 6.48. The Morgan fingerprint density at radius 1 is 1.13 bits per heavy atom. The van der Waals surface area contributed by atoms with E-state index in [0.717, 1.165) is 47.1 Å². The standard InChI is InChI=1S/C14H15N3O3.C13H23NO.C4H6N2S.2C2H6/c1-8-2-3-11-9(4-8)5-10(14(20)17-11)6-12(13(15)19)16-7-18;1-12(2,3)6-11(15)14-7-9-10(8-14)13(9,4)5;1-3-2-7-4(5)6-3;2*1-2/h2-5,7,12H,6H2,1H3,(H2,15,19)(H,16,18)(H,17,20);9-10H,6-8H2,1-5H3;2H,1H3,(H2,5,6);2*1-2H3. The molecule has 2 aliphatic rings. The van der Waals surface area contributed by atoms with Crippen LogP contribution in [0.4, 0.5) is 5.13 Å². The fraction of sp³-hybridized carbons (Fsp3) is 0.571. The number of carbonyl (C=O) groups excluding carboxylic acids is 3. The molecule has 6 N–H and O–H groups in total. The summed E-state index contributed by atoms with van der Waals surface area (Å²) in [5, 5.41) is 5.76. The number of benzene rings is 1. The monoisotopic (exact) mass is 656 g/mol. The van der Waals surface area contributed by atoms with E-state index in [0.29, 0.717) is 34.8 Å². The number of pyridine rings is 1. The van der Waals surface area contributed by atoms with Gasteiger partial charge in [-0.25, -0.2) is 4.98 Å². The van der Waals surface area contributed by atoms with Crippen LogP contribution in [0.15, 0.2) is 34.4 Å². The molecule has 2 aromatic heterocycles. The average molecular weight is 657 g/mol. The van der Waals surface area contributed by atoms with Crippen LogP contribution in [0.25, 0.3) is 10.9 Å². The molecule has 1 aliphatic carbocycles. The Bertz CT molecular complexity index is 1460. The molecule has 1 saturated carbocycles. The number of anilines is 1. The van der Waals surface area contributed by atoms with Crippen LogP contribution in [0.1, 0.15) is 85.6 Å². The maximum absolute atomic E-state index is 12.0. The smallest absolute Gasteiger partial charge is 0.251 e. The SMILES string of the molecule is CC.CC.CC(C)(C)CC(=O)N1CC2C(C1)C2(C)C.Cc1ccc2[nH]c(=O)c(CC(NC=O)C(N)=O)cc2c1.Cc1csc(N)n1. The van der Waals surface area contributed by atoms with Gasteiger partial charge in [0.15, 0.2) is 5.13 Å². The van der Waals surface area contributed by atoms with Crippen molar-refractivity contribution in [3.63, 3.8) is 0 Å². The fourth-order valence-electron chi connectivity index (χ4n) is 5.34. The molecule has 1 saturated heterocycles. The Morgan fingerprint density at radius 2 is 1.72 bits per heavy atom. The van der Waals surface area contributed by atoms with Crippen molar-refractivity contribution in [3.8, 4) is 0 Å². The number of nitrogens with two attached hydrogens (primary N) is 2. The normalized spacial score (nSPS) is 17.6. The summed E-state index contributed by atoms with van der Waals surface area (Å²) in [5.41, 5.74) is 14.0. The number of H-pyrrole nitrogens is 1. The number of carbonyl (C=O) groups is 3. The summed E-state index contributed by atoms with van der Waals surface area (Å²) in [4.78, 5) is 54.3. The van der Waals surface area contributed by atoms with E-state index in [1.807, 2.05) is 65.1 Å². The van der Waals surface area contributed by atoms with E-state index in [1.54, 1.807) is 6.07 Å². The first kappa shape index (κ1) is 40.3. The molecule has 3 amide bonds. The topological polar surface area (TPSA) is 164 Å². The Hall–Kier alpha value is -3.73. The van der Waals surface area contributed by atoms with E-state index < -0.39 is 11.9 Å². The van der Waals surface area contributed by atoms with Crippen LogP contribution in [-0.4, -0.2) is 52.2 Å². The first-order valence-electron chi connectivity index (χ1n) is 16.1.